The normalized spacial score (nSPS) is 21.1. The first kappa shape index (κ1) is 15.2. The van der Waals surface area contributed by atoms with Gasteiger partial charge in [-0.25, -0.2) is 4.98 Å². The molecule has 2 aromatic rings. The number of nitrogens with zero attached hydrogens (tertiary/aromatic N) is 4. The number of anilines is 1. The lowest BCUT2D eigenvalue weighted by molar-refractivity contribution is 0.135. The average Bonchev–Trinajstić information content (AvgIpc) is 2.73. The maximum Gasteiger partial charge on any atom is 0.205 e. The highest BCUT2D eigenvalue weighted by Gasteiger charge is 2.39. The SMILES string of the molecule is CCNc1nc2ccnnc2n1C1CC(C)(C)NC(C)(C)C1. The highest BCUT2D eigenvalue weighted by Crippen LogP contribution is 2.38. The topological polar surface area (TPSA) is 67.7 Å². The van der Waals surface area contributed by atoms with Crippen molar-refractivity contribution >= 4 is 17.1 Å². The van der Waals surface area contributed by atoms with Crippen LogP contribution in [0.15, 0.2) is 12.3 Å². The minimum atomic E-state index is 0.0781. The molecule has 0 radical (unpaired) electrons. The van der Waals surface area contributed by atoms with Crippen LogP contribution in [0.2, 0.25) is 0 Å². The molecular weight excluding hydrogens is 276 g/mol. The molecule has 2 aromatic heterocycles. The van der Waals surface area contributed by atoms with E-state index in [2.05, 4.69) is 60.0 Å². The Balaban J connectivity index is 2.09. The summed E-state index contributed by atoms with van der Waals surface area (Å²) in [5, 5.41) is 15.5. The Bertz CT molecular complexity index is 656. The average molecular weight is 302 g/mol. The lowest BCUT2D eigenvalue weighted by Gasteiger charge is -2.47. The molecule has 1 aliphatic rings. The van der Waals surface area contributed by atoms with E-state index >= 15 is 0 Å². The highest BCUT2D eigenvalue weighted by atomic mass is 15.3. The molecule has 0 aliphatic carbocycles. The number of hydrogen-bond acceptors (Lipinski definition) is 5. The summed E-state index contributed by atoms with van der Waals surface area (Å²) >= 11 is 0. The van der Waals surface area contributed by atoms with Gasteiger partial charge in [0, 0.05) is 23.7 Å². The fourth-order valence-corrected chi connectivity index (χ4v) is 3.92. The molecule has 1 fully saturated rings. The Hall–Kier alpha value is -1.69. The quantitative estimate of drug-likeness (QED) is 0.912. The second-order valence-corrected chi connectivity index (χ2v) is 7.53. The van der Waals surface area contributed by atoms with E-state index in [0.29, 0.717) is 6.04 Å². The van der Waals surface area contributed by atoms with Crippen molar-refractivity contribution in [2.45, 2.75) is 64.6 Å². The lowest BCUT2D eigenvalue weighted by Crippen LogP contribution is -2.58. The van der Waals surface area contributed by atoms with Crippen LogP contribution in [0.3, 0.4) is 0 Å². The van der Waals surface area contributed by atoms with Gasteiger partial charge >= 0.3 is 0 Å². The van der Waals surface area contributed by atoms with E-state index in [4.69, 9.17) is 4.98 Å². The second-order valence-electron chi connectivity index (χ2n) is 7.53. The minimum absolute atomic E-state index is 0.0781. The smallest absolute Gasteiger partial charge is 0.205 e. The first-order chi connectivity index (χ1) is 10.3. The Morgan fingerprint density at radius 2 is 1.95 bits per heavy atom. The van der Waals surface area contributed by atoms with Crippen molar-refractivity contribution < 1.29 is 0 Å². The van der Waals surface area contributed by atoms with Gasteiger partial charge in [-0.2, -0.15) is 5.10 Å². The summed E-state index contributed by atoms with van der Waals surface area (Å²) in [6, 6.07) is 2.28. The number of aromatic nitrogens is 4. The van der Waals surface area contributed by atoms with Crippen molar-refractivity contribution in [3.05, 3.63) is 12.3 Å². The van der Waals surface area contributed by atoms with Crippen LogP contribution in [0.25, 0.3) is 11.2 Å². The molecule has 22 heavy (non-hydrogen) atoms. The van der Waals surface area contributed by atoms with Gasteiger partial charge in [-0.15, -0.1) is 5.10 Å². The van der Waals surface area contributed by atoms with E-state index in [-0.39, 0.29) is 11.1 Å². The van der Waals surface area contributed by atoms with Gasteiger partial charge in [-0.05, 0) is 53.5 Å². The molecule has 6 heteroatoms. The number of imidazole rings is 1. The Morgan fingerprint density at radius 1 is 1.27 bits per heavy atom. The van der Waals surface area contributed by atoms with Crippen molar-refractivity contribution in [2.75, 3.05) is 11.9 Å². The summed E-state index contributed by atoms with van der Waals surface area (Å²) in [5.74, 6) is 0.900. The number of rotatable bonds is 3. The fraction of sp³-hybridized carbons (Fsp3) is 0.688. The monoisotopic (exact) mass is 302 g/mol. The van der Waals surface area contributed by atoms with Crippen LogP contribution in [0, 0.1) is 0 Å². The summed E-state index contributed by atoms with van der Waals surface area (Å²) < 4.78 is 2.25. The largest absolute Gasteiger partial charge is 0.356 e. The van der Waals surface area contributed by atoms with Gasteiger partial charge in [0.05, 0.1) is 6.20 Å². The van der Waals surface area contributed by atoms with Gasteiger partial charge in [0.2, 0.25) is 5.95 Å². The van der Waals surface area contributed by atoms with Crippen LogP contribution < -0.4 is 10.6 Å². The molecule has 0 atom stereocenters. The van der Waals surface area contributed by atoms with E-state index in [1.807, 2.05) is 6.07 Å². The Kier molecular flexibility index (Phi) is 3.59. The molecule has 0 bridgehead atoms. The van der Waals surface area contributed by atoms with E-state index < -0.39 is 0 Å². The van der Waals surface area contributed by atoms with Gasteiger partial charge in [0.15, 0.2) is 5.65 Å². The molecule has 120 valence electrons. The van der Waals surface area contributed by atoms with E-state index in [1.54, 1.807) is 6.20 Å². The molecule has 3 heterocycles. The lowest BCUT2D eigenvalue weighted by atomic mass is 9.79. The number of hydrogen-bond donors (Lipinski definition) is 2. The Morgan fingerprint density at radius 3 is 2.59 bits per heavy atom. The zero-order chi connectivity index (χ0) is 16.0. The van der Waals surface area contributed by atoms with E-state index in [1.165, 1.54) is 0 Å². The summed E-state index contributed by atoms with van der Waals surface area (Å²) in [4.78, 5) is 4.70. The van der Waals surface area contributed by atoms with Gasteiger partial charge in [-0.3, -0.25) is 4.57 Å². The number of nitrogens with one attached hydrogen (secondary N) is 2. The van der Waals surface area contributed by atoms with Crippen molar-refractivity contribution in [1.82, 2.24) is 25.1 Å². The highest BCUT2D eigenvalue weighted by molar-refractivity contribution is 5.74. The zero-order valence-electron chi connectivity index (χ0n) is 14.1. The summed E-state index contributed by atoms with van der Waals surface area (Å²) in [5.41, 5.74) is 1.93. The van der Waals surface area contributed by atoms with Gasteiger partial charge < -0.3 is 10.6 Å². The van der Waals surface area contributed by atoms with Crippen LogP contribution in [-0.2, 0) is 0 Å². The van der Waals surface area contributed by atoms with Crippen molar-refractivity contribution in [1.29, 1.82) is 0 Å². The second kappa shape index (κ2) is 5.19. The first-order valence-electron chi connectivity index (χ1n) is 8.04. The maximum absolute atomic E-state index is 4.70. The van der Waals surface area contributed by atoms with Crippen molar-refractivity contribution in [3.8, 4) is 0 Å². The maximum atomic E-state index is 4.70. The van der Waals surface area contributed by atoms with Gasteiger partial charge in [-0.1, -0.05) is 0 Å². The number of fused-ring (bicyclic) bond motifs is 1. The van der Waals surface area contributed by atoms with Crippen molar-refractivity contribution in [2.24, 2.45) is 0 Å². The summed E-state index contributed by atoms with van der Waals surface area (Å²) in [7, 11) is 0. The molecule has 0 saturated carbocycles. The van der Waals surface area contributed by atoms with Gasteiger partial charge in [0.25, 0.3) is 0 Å². The summed E-state index contributed by atoms with van der Waals surface area (Å²) in [6.07, 6.45) is 3.78. The standard InChI is InChI=1S/C16H26N6/c1-6-17-14-19-12-7-8-18-20-13(12)22(14)11-9-15(2,3)21-16(4,5)10-11/h7-8,11,21H,6,9-10H2,1-5H3,(H,17,19). The van der Waals surface area contributed by atoms with Gasteiger partial charge in [0.1, 0.15) is 5.52 Å². The summed E-state index contributed by atoms with van der Waals surface area (Å²) in [6.45, 7) is 12.0. The van der Waals surface area contributed by atoms with Crippen LogP contribution in [0.1, 0.15) is 53.5 Å². The third-order valence-corrected chi connectivity index (χ3v) is 4.23. The van der Waals surface area contributed by atoms with Crippen LogP contribution in [0.5, 0.6) is 0 Å². The minimum Gasteiger partial charge on any atom is -0.356 e. The van der Waals surface area contributed by atoms with E-state index in [9.17, 15) is 0 Å². The van der Waals surface area contributed by atoms with Crippen LogP contribution in [0.4, 0.5) is 5.95 Å². The predicted octanol–water partition coefficient (Wildman–Crippen LogP) is 2.74. The third-order valence-electron chi connectivity index (χ3n) is 4.23. The van der Waals surface area contributed by atoms with Crippen LogP contribution >= 0.6 is 0 Å². The molecule has 6 nitrogen and oxygen atoms in total. The number of piperidine rings is 1. The molecular formula is C16H26N6. The molecule has 1 saturated heterocycles. The van der Waals surface area contributed by atoms with Crippen LogP contribution in [-0.4, -0.2) is 37.4 Å². The zero-order valence-corrected chi connectivity index (χ0v) is 14.1. The molecule has 0 aromatic carbocycles. The van der Waals surface area contributed by atoms with E-state index in [0.717, 1.165) is 36.5 Å². The molecule has 1 aliphatic heterocycles. The molecule has 0 spiro atoms. The molecule has 2 N–H and O–H groups in total. The molecule has 0 amide bonds. The molecule has 0 unspecified atom stereocenters. The first-order valence-corrected chi connectivity index (χ1v) is 8.04. The third kappa shape index (κ3) is 2.79. The predicted molar refractivity (Wildman–Crippen MR) is 89.1 cm³/mol. The van der Waals surface area contributed by atoms with Crippen molar-refractivity contribution in [3.63, 3.8) is 0 Å². The molecule has 3 rings (SSSR count). The Labute approximate surface area is 131 Å². The fourth-order valence-electron chi connectivity index (χ4n) is 3.92.